The molecule has 7 nitrogen and oxygen atoms in total. The molecule has 0 spiro atoms. The Morgan fingerprint density at radius 1 is 1.10 bits per heavy atom. The van der Waals surface area contributed by atoms with Crippen molar-refractivity contribution in [3.05, 3.63) is 75.8 Å². The molecular formula is C23H27N3O4. The molecule has 0 saturated carbocycles. The van der Waals surface area contributed by atoms with Crippen LogP contribution in [0, 0.1) is 10.1 Å². The number of nitrogens with zero attached hydrogens (tertiary/aromatic N) is 2. The Bertz CT molecular complexity index is 875. The zero-order valence-corrected chi connectivity index (χ0v) is 17.1. The number of non-ortho nitro benzene ring substituents is 1. The van der Waals surface area contributed by atoms with E-state index in [0.29, 0.717) is 13.1 Å². The summed E-state index contributed by atoms with van der Waals surface area (Å²) in [5, 5.41) is 13.7. The highest BCUT2D eigenvalue weighted by Gasteiger charge is 2.28. The van der Waals surface area contributed by atoms with Gasteiger partial charge in [-0.05, 0) is 30.4 Å². The van der Waals surface area contributed by atoms with Crippen molar-refractivity contribution in [3.8, 4) is 0 Å². The van der Waals surface area contributed by atoms with Gasteiger partial charge in [-0.2, -0.15) is 0 Å². The molecule has 1 N–H and O–H groups in total. The Balaban J connectivity index is 1.48. The molecule has 1 unspecified atom stereocenters. The third-order valence-electron chi connectivity index (χ3n) is 5.59. The number of amides is 2. The van der Waals surface area contributed by atoms with Crippen LogP contribution in [0.1, 0.15) is 43.2 Å². The van der Waals surface area contributed by atoms with Crippen LogP contribution in [0.5, 0.6) is 0 Å². The van der Waals surface area contributed by atoms with Gasteiger partial charge in [-0.25, -0.2) is 0 Å². The summed E-state index contributed by atoms with van der Waals surface area (Å²) >= 11 is 0. The summed E-state index contributed by atoms with van der Waals surface area (Å²) < 4.78 is 0. The zero-order valence-electron chi connectivity index (χ0n) is 17.1. The van der Waals surface area contributed by atoms with E-state index < -0.39 is 4.92 Å². The second kappa shape index (κ2) is 10.0. The molecule has 0 aliphatic carbocycles. The molecule has 1 fully saturated rings. The van der Waals surface area contributed by atoms with Crippen molar-refractivity contribution in [2.24, 2.45) is 0 Å². The second-order valence-corrected chi connectivity index (χ2v) is 7.64. The number of rotatable bonds is 7. The molecule has 2 aromatic carbocycles. The molecule has 1 saturated heterocycles. The number of hydrogen-bond acceptors (Lipinski definition) is 4. The first-order valence-electron chi connectivity index (χ1n) is 10.3. The Labute approximate surface area is 176 Å². The molecule has 3 rings (SSSR count). The maximum Gasteiger partial charge on any atom is 0.269 e. The number of nitro groups is 1. The van der Waals surface area contributed by atoms with E-state index in [1.807, 2.05) is 42.2 Å². The number of benzene rings is 2. The Morgan fingerprint density at radius 2 is 1.73 bits per heavy atom. The second-order valence-electron chi connectivity index (χ2n) is 7.64. The fraction of sp³-hybridized carbons (Fsp3) is 0.391. The molecule has 0 bridgehead atoms. The highest BCUT2D eigenvalue weighted by Crippen LogP contribution is 2.24. The van der Waals surface area contributed by atoms with E-state index in [1.165, 1.54) is 12.1 Å². The Morgan fingerprint density at radius 3 is 2.30 bits per heavy atom. The monoisotopic (exact) mass is 409 g/mol. The van der Waals surface area contributed by atoms with Gasteiger partial charge in [0.15, 0.2) is 0 Å². The quantitative estimate of drug-likeness (QED) is 0.560. The number of carbonyl (C=O) groups is 2. The van der Waals surface area contributed by atoms with Crippen LogP contribution in [-0.2, 0) is 16.0 Å². The number of nitrogens with one attached hydrogen (secondary N) is 1. The number of piperidine rings is 1. The fourth-order valence-electron chi connectivity index (χ4n) is 3.90. The minimum absolute atomic E-state index is 0.0112. The predicted octanol–water partition coefficient (Wildman–Crippen LogP) is 3.44. The van der Waals surface area contributed by atoms with Gasteiger partial charge in [-0.3, -0.25) is 19.7 Å². The SMILES string of the molecule is CCC(C(=O)N1CCC(NC(=O)Cc2ccc([N+](=O)[O-])cc2)CC1)c1ccccc1. The molecule has 2 amide bonds. The van der Waals surface area contributed by atoms with Crippen LogP contribution in [0.25, 0.3) is 0 Å². The van der Waals surface area contributed by atoms with E-state index in [2.05, 4.69) is 5.32 Å². The maximum atomic E-state index is 13.0. The summed E-state index contributed by atoms with van der Waals surface area (Å²) in [7, 11) is 0. The number of likely N-dealkylation sites (tertiary alicyclic amines) is 1. The first-order valence-corrected chi connectivity index (χ1v) is 10.3. The first-order chi connectivity index (χ1) is 14.5. The van der Waals surface area contributed by atoms with Crippen LogP contribution in [0.15, 0.2) is 54.6 Å². The summed E-state index contributed by atoms with van der Waals surface area (Å²) in [6.45, 7) is 3.29. The van der Waals surface area contributed by atoms with Crippen LogP contribution in [-0.4, -0.2) is 40.8 Å². The van der Waals surface area contributed by atoms with E-state index in [9.17, 15) is 19.7 Å². The average Bonchev–Trinajstić information content (AvgIpc) is 2.76. The van der Waals surface area contributed by atoms with Gasteiger partial charge in [0.25, 0.3) is 5.69 Å². The number of carbonyl (C=O) groups excluding carboxylic acids is 2. The summed E-state index contributed by atoms with van der Waals surface area (Å²) in [5.74, 6) is -0.0804. The predicted molar refractivity (Wildman–Crippen MR) is 114 cm³/mol. The lowest BCUT2D eigenvalue weighted by Crippen LogP contribution is -2.48. The Hall–Kier alpha value is -3.22. The highest BCUT2D eigenvalue weighted by molar-refractivity contribution is 5.84. The maximum absolute atomic E-state index is 13.0. The molecule has 1 atom stereocenters. The number of hydrogen-bond donors (Lipinski definition) is 1. The molecule has 0 radical (unpaired) electrons. The van der Waals surface area contributed by atoms with Gasteiger partial charge >= 0.3 is 0 Å². The van der Waals surface area contributed by atoms with Crippen molar-refractivity contribution in [3.63, 3.8) is 0 Å². The van der Waals surface area contributed by atoms with E-state index in [0.717, 1.165) is 30.4 Å². The molecule has 0 aromatic heterocycles. The molecule has 1 heterocycles. The van der Waals surface area contributed by atoms with Gasteiger partial charge in [-0.1, -0.05) is 49.4 Å². The van der Waals surface area contributed by atoms with Crippen LogP contribution in [0.4, 0.5) is 5.69 Å². The van der Waals surface area contributed by atoms with Gasteiger partial charge in [-0.15, -0.1) is 0 Å². The van der Waals surface area contributed by atoms with Gasteiger partial charge < -0.3 is 10.2 Å². The summed E-state index contributed by atoms with van der Waals surface area (Å²) in [6, 6.07) is 15.9. The van der Waals surface area contributed by atoms with Gasteiger partial charge in [0.1, 0.15) is 0 Å². The lowest BCUT2D eigenvalue weighted by Gasteiger charge is -2.34. The third kappa shape index (κ3) is 5.43. The van der Waals surface area contributed by atoms with Crippen molar-refractivity contribution >= 4 is 17.5 Å². The highest BCUT2D eigenvalue weighted by atomic mass is 16.6. The van der Waals surface area contributed by atoms with Gasteiger partial charge in [0.05, 0.1) is 17.3 Å². The largest absolute Gasteiger partial charge is 0.353 e. The smallest absolute Gasteiger partial charge is 0.269 e. The molecule has 7 heteroatoms. The minimum atomic E-state index is -0.459. The van der Waals surface area contributed by atoms with E-state index in [1.54, 1.807) is 12.1 Å². The normalized spacial score (nSPS) is 15.4. The molecule has 2 aromatic rings. The summed E-state index contributed by atoms with van der Waals surface area (Å²) in [6.07, 6.45) is 2.39. The Kier molecular flexibility index (Phi) is 7.17. The van der Waals surface area contributed by atoms with Gasteiger partial charge in [0.2, 0.25) is 11.8 Å². The van der Waals surface area contributed by atoms with Crippen molar-refractivity contribution in [1.82, 2.24) is 10.2 Å². The summed E-state index contributed by atoms with van der Waals surface area (Å²) in [5.41, 5.74) is 1.79. The first kappa shape index (κ1) is 21.5. The van der Waals surface area contributed by atoms with Crippen LogP contribution >= 0.6 is 0 Å². The zero-order chi connectivity index (χ0) is 21.5. The van der Waals surface area contributed by atoms with Crippen molar-refractivity contribution in [2.45, 2.75) is 44.6 Å². The van der Waals surface area contributed by atoms with Crippen LogP contribution in [0.3, 0.4) is 0 Å². The molecule has 158 valence electrons. The minimum Gasteiger partial charge on any atom is -0.353 e. The average molecular weight is 409 g/mol. The van der Waals surface area contributed by atoms with Crippen LogP contribution in [0.2, 0.25) is 0 Å². The molecular weight excluding hydrogens is 382 g/mol. The molecule has 1 aliphatic rings. The van der Waals surface area contributed by atoms with Crippen molar-refractivity contribution in [2.75, 3.05) is 13.1 Å². The fourth-order valence-corrected chi connectivity index (χ4v) is 3.90. The van der Waals surface area contributed by atoms with Crippen molar-refractivity contribution < 1.29 is 14.5 Å². The standard InChI is InChI=1S/C23H27N3O4/c1-2-21(18-6-4-3-5-7-18)23(28)25-14-12-19(13-15-25)24-22(27)16-17-8-10-20(11-9-17)26(29)30/h3-11,19,21H,2,12-16H2,1H3,(H,24,27). The van der Waals surface area contributed by atoms with Crippen LogP contribution < -0.4 is 5.32 Å². The molecule has 30 heavy (non-hydrogen) atoms. The van der Waals surface area contributed by atoms with Crippen molar-refractivity contribution in [1.29, 1.82) is 0 Å². The lowest BCUT2D eigenvalue weighted by atomic mass is 9.93. The number of nitro benzene ring substituents is 1. The third-order valence-corrected chi connectivity index (χ3v) is 5.59. The topological polar surface area (TPSA) is 92.6 Å². The lowest BCUT2D eigenvalue weighted by molar-refractivity contribution is -0.384. The van der Waals surface area contributed by atoms with E-state index in [-0.39, 0.29) is 35.9 Å². The van der Waals surface area contributed by atoms with Gasteiger partial charge in [0, 0.05) is 31.3 Å². The van der Waals surface area contributed by atoms with E-state index >= 15 is 0 Å². The summed E-state index contributed by atoms with van der Waals surface area (Å²) in [4.78, 5) is 37.5. The molecule has 1 aliphatic heterocycles. The van der Waals surface area contributed by atoms with E-state index in [4.69, 9.17) is 0 Å².